The number of guanidine groups is 1. The van der Waals surface area contributed by atoms with Crippen molar-refractivity contribution in [3.8, 4) is 0 Å². The highest BCUT2D eigenvalue weighted by molar-refractivity contribution is 7.84. The number of rotatable bonds is 8. The Morgan fingerprint density at radius 1 is 1.22 bits per heavy atom. The van der Waals surface area contributed by atoms with Gasteiger partial charge in [0.1, 0.15) is 0 Å². The van der Waals surface area contributed by atoms with Gasteiger partial charge in [-0.25, -0.2) is 0 Å². The van der Waals surface area contributed by atoms with Gasteiger partial charge in [-0.1, -0.05) is 30.3 Å². The van der Waals surface area contributed by atoms with Crippen LogP contribution in [0.1, 0.15) is 31.7 Å². The number of likely N-dealkylation sites (tertiary alicyclic amines) is 2. The van der Waals surface area contributed by atoms with Crippen LogP contribution in [0.3, 0.4) is 0 Å². The Hall–Kier alpha value is -1.40. The van der Waals surface area contributed by atoms with Crippen molar-refractivity contribution in [1.82, 2.24) is 15.1 Å². The highest BCUT2D eigenvalue weighted by Crippen LogP contribution is 2.20. The fraction of sp³-hybridized carbons (Fsp3) is 0.667. The van der Waals surface area contributed by atoms with Gasteiger partial charge in [0.15, 0.2) is 5.96 Å². The fourth-order valence-corrected chi connectivity index (χ4v) is 5.02. The first kappa shape index (κ1) is 20.3. The first-order chi connectivity index (χ1) is 13.2. The Kier molecular flexibility index (Phi) is 8.14. The summed E-state index contributed by atoms with van der Waals surface area (Å²) in [6, 6.07) is 10.1. The van der Waals surface area contributed by atoms with Crippen molar-refractivity contribution in [2.24, 2.45) is 10.9 Å². The van der Waals surface area contributed by atoms with Gasteiger partial charge in [0.25, 0.3) is 0 Å². The van der Waals surface area contributed by atoms with Crippen molar-refractivity contribution in [3.05, 3.63) is 35.9 Å². The van der Waals surface area contributed by atoms with Gasteiger partial charge in [-0.05, 0) is 50.8 Å². The van der Waals surface area contributed by atoms with E-state index in [-0.39, 0.29) is 0 Å². The van der Waals surface area contributed by atoms with E-state index in [1.807, 2.05) is 30.3 Å². The molecule has 27 heavy (non-hydrogen) atoms. The van der Waals surface area contributed by atoms with Crippen molar-refractivity contribution in [2.75, 3.05) is 51.6 Å². The van der Waals surface area contributed by atoms with E-state index in [4.69, 9.17) is 4.99 Å². The second-order valence-corrected chi connectivity index (χ2v) is 9.19. The summed E-state index contributed by atoms with van der Waals surface area (Å²) in [5, 5.41) is 3.43. The number of nitrogens with zero attached hydrogens (tertiary/aromatic N) is 3. The third kappa shape index (κ3) is 6.61. The number of benzene rings is 1. The molecule has 0 amide bonds. The molecule has 2 aliphatic rings. The number of hydrogen-bond donors (Lipinski definition) is 1. The van der Waals surface area contributed by atoms with E-state index >= 15 is 0 Å². The zero-order chi connectivity index (χ0) is 18.9. The molecule has 0 radical (unpaired) electrons. The zero-order valence-electron chi connectivity index (χ0n) is 16.6. The maximum absolute atomic E-state index is 12.3. The molecule has 2 aliphatic heterocycles. The predicted molar refractivity (Wildman–Crippen MR) is 114 cm³/mol. The van der Waals surface area contributed by atoms with Crippen LogP contribution in [0.5, 0.6) is 0 Å². The topological polar surface area (TPSA) is 47.9 Å². The maximum Gasteiger partial charge on any atom is 0.193 e. The van der Waals surface area contributed by atoms with E-state index in [0.717, 1.165) is 37.1 Å². The lowest BCUT2D eigenvalue weighted by atomic mass is 10.1. The minimum atomic E-state index is -0.863. The molecule has 2 heterocycles. The monoisotopic (exact) mass is 390 g/mol. The molecule has 1 aromatic rings. The molecule has 6 heteroatoms. The smallest absolute Gasteiger partial charge is 0.193 e. The molecule has 0 aromatic heterocycles. The second kappa shape index (κ2) is 10.8. The Bertz CT molecular complexity index is 616. The van der Waals surface area contributed by atoms with Crippen LogP contribution in [0.4, 0.5) is 0 Å². The lowest BCUT2D eigenvalue weighted by Gasteiger charge is -2.23. The van der Waals surface area contributed by atoms with Crippen molar-refractivity contribution < 1.29 is 4.21 Å². The lowest BCUT2D eigenvalue weighted by molar-refractivity contribution is 0.281. The predicted octanol–water partition coefficient (Wildman–Crippen LogP) is 2.32. The summed E-state index contributed by atoms with van der Waals surface area (Å²) in [4.78, 5) is 9.78. The Labute approximate surface area is 166 Å². The van der Waals surface area contributed by atoms with Gasteiger partial charge in [-0.3, -0.25) is 9.20 Å². The van der Waals surface area contributed by atoms with Crippen LogP contribution in [0, 0.1) is 5.92 Å². The lowest BCUT2D eigenvalue weighted by Crippen LogP contribution is -2.41. The van der Waals surface area contributed by atoms with Crippen LogP contribution >= 0.6 is 0 Å². The molecule has 5 nitrogen and oxygen atoms in total. The summed E-state index contributed by atoms with van der Waals surface area (Å²) >= 11 is 0. The summed E-state index contributed by atoms with van der Waals surface area (Å²) < 4.78 is 12.3. The second-order valence-electron chi connectivity index (χ2n) is 7.62. The number of hydrogen-bond acceptors (Lipinski definition) is 3. The average molecular weight is 391 g/mol. The minimum absolute atomic E-state index is 0.620. The molecule has 1 N–H and O–H groups in total. The highest BCUT2D eigenvalue weighted by atomic mass is 32.2. The molecule has 2 atom stereocenters. The van der Waals surface area contributed by atoms with Gasteiger partial charge in [-0.15, -0.1) is 0 Å². The van der Waals surface area contributed by atoms with E-state index < -0.39 is 10.8 Å². The van der Waals surface area contributed by atoms with E-state index in [1.165, 1.54) is 38.9 Å². The standard InChI is InChI=1S/C21H34N4OS/c1-2-22-21(23-11-15-27(26)18-19-8-4-3-5-9-19)25-14-10-20(17-25)16-24-12-6-7-13-24/h3-5,8-9,20H,2,6-7,10-18H2,1H3,(H,22,23). The Morgan fingerprint density at radius 2 is 2.00 bits per heavy atom. The van der Waals surface area contributed by atoms with Gasteiger partial charge in [-0.2, -0.15) is 0 Å². The zero-order valence-corrected chi connectivity index (χ0v) is 17.4. The highest BCUT2D eigenvalue weighted by Gasteiger charge is 2.27. The molecule has 0 saturated carbocycles. The summed E-state index contributed by atoms with van der Waals surface area (Å²) in [6.07, 6.45) is 3.97. The van der Waals surface area contributed by atoms with Crippen LogP contribution in [0.15, 0.2) is 35.3 Å². The van der Waals surface area contributed by atoms with Crippen molar-refractivity contribution in [1.29, 1.82) is 0 Å². The number of nitrogens with one attached hydrogen (secondary N) is 1. The molecule has 0 aliphatic carbocycles. The average Bonchev–Trinajstić information content (AvgIpc) is 3.34. The third-order valence-corrected chi connectivity index (χ3v) is 6.68. The van der Waals surface area contributed by atoms with Crippen molar-refractivity contribution >= 4 is 16.8 Å². The maximum atomic E-state index is 12.3. The van der Waals surface area contributed by atoms with Gasteiger partial charge < -0.3 is 15.1 Å². The molecular weight excluding hydrogens is 356 g/mol. The minimum Gasteiger partial charge on any atom is -0.357 e. The normalized spacial score (nSPS) is 22.3. The van der Waals surface area contributed by atoms with Crippen LogP contribution < -0.4 is 5.32 Å². The van der Waals surface area contributed by atoms with Gasteiger partial charge in [0.05, 0.1) is 6.54 Å². The van der Waals surface area contributed by atoms with Gasteiger partial charge in [0.2, 0.25) is 0 Å². The molecule has 0 bridgehead atoms. The molecule has 2 unspecified atom stereocenters. The first-order valence-corrected chi connectivity index (χ1v) is 11.9. The molecule has 3 rings (SSSR count). The van der Waals surface area contributed by atoms with Crippen molar-refractivity contribution in [3.63, 3.8) is 0 Å². The summed E-state index contributed by atoms with van der Waals surface area (Å²) in [6.45, 7) is 9.56. The molecule has 1 aromatic carbocycles. The van der Waals surface area contributed by atoms with Gasteiger partial charge >= 0.3 is 0 Å². The first-order valence-electron chi connectivity index (χ1n) is 10.4. The van der Waals surface area contributed by atoms with Crippen LogP contribution in [0.2, 0.25) is 0 Å². The Balaban J connectivity index is 1.45. The third-order valence-electron chi connectivity index (χ3n) is 5.39. The fourth-order valence-electron chi connectivity index (χ4n) is 4.02. The molecule has 0 spiro atoms. The van der Waals surface area contributed by atoms with Crippen LogP contribution in [-0.2, 0) is 16.6 Å². The van der Waals surface area contributed by atoms with E-state index in [9.17, 15) is 4.21 Å². The van der Waals surface area contributed by atoms with E-state index in [1.54, 1.807) is 0 Å². The molecule has 2 fully saturated rings. The summed E-state index contributed by atoms with van der Waals surface area (Å²) in [5.74, 6) is 2.99. The Morgan fingerprint density at radius 3 is 2.74 bits per heavy atom. The summed E-state index contributed by atoms with van der Waals surface area (Å²) in [7, 11) is -0.863. The SMILES string of the molecule is CCNC(=NCCS(=O)Cc1ccccc1)N1CCC(CN2CCCC2)C1. The van der Waals surface area contributed by atoms with E-state index in [2.05, 4.69) is 22.0 Å². The number of aliphatic imine (C=N–C) groups is 1. The van der Waals surface area contributed by atoms with Crippen LogP contribution in [-0.4, -0.2) is 71.5 Å². The molecular formula is C21H34N4OS. The molecule has 2 saturated heterocycles. The van der Waals surface area contributed by atoms with Crippen LogP contribution in [0.25, 0.3) is 0 Å². The quantitative estimate of drug-likeness (QED) is 0.547. The van der Waals surface area contributed by atoms with E-state index in [0.29, 0.717) is 18.1 Å². The largest absolute Gasteiger partial charge is 0.357 e. The van der Waals surface area contributed by atoms with Gasteiger partial charge in [0, 0.05) is 48.5 Å². The summed E-state index contributed by atoms with van der Waals surface area (Å²) in [5.41, 5.74) is 1.14. The van der Waals surface area contributed by atoms with Crippen molar-refractivity contribution in [2.45, 2.75) is 31.9 Å². The molecule has 150 valence electrons.